The Hall–Kier alpha value is -2.28. The number of ketones is 2. The van der Waals surface area contributed by atoms with E-state index in [-0.39, 0.29) is 25.2 Å². The highest BCUT2D eigenvalue weighted by Crippen LogP contribution is 2.37. The van der Waals surface area contributed by atoms with Crippen molar-refractivity contribution >= 4 is 11.6 Å². The monoisotopic (exact) mass is 432 g/mol. The molecule has 0 aromatic heterocycles. The molecule has 0 saturated carbocycles. The summed E-state index contributed by atoms with van der Waals surface area (Å²) in [5.41, 5.74) is -0.783. The number of hydrogen-bond acceptors (Lipinski definition) is 4. The van der Waals surface area contributed by atoms with Crippen molar-refractivity contribution in [2.75, 3.05) is 13.1 Å². The zero-order chi connectivity index (χ0) is 22.6. The standard InChI is InChI=1S/C14H14F10N2O2/c1-7(5-9(27)11(15,16)13(19,20)21)25-3-4-26-8(2)6-10(28)12(17,18)14(22,23)24/h5-6,25-26H,3-4H2,1-2H3. The molecule has 28 heavy (non-hydrogen) atoms. The predicted molar refractivity (Wildman–Crippen MR) is 75.5 cm³/mol. The summed E-state index contributed by atoms with van der Waals surface area (Å²) in [6.07, 6.45) is -12.1. The molecule has 0 aliphatic rings. The van der Waals surface area contributed by atoms with Gasteiger partial charge in [-0.15, -0.1) is 0 Å². The molecule has 0 amide bonds. The van der Waals surface area contributed by atoms with Gasteiger partial charge < -0.3 is 10.6 Å². The minimum absolute atomic E-state index is 0.00357. The van der Waals surface area contributed by atoms with Crippen molar-refractivity contribution in [3.8, 4) is 0 Å². The molecule has 0 spiro atoms. The van der Waals surface area contributed by atoms with Crippen molar-refractivity contribution in [1.29, 1.82) is 0 Å². The van der Waals surface area contributed by atoms with Crippen molar-refractivity contribution in [2.24, 2.45) is 0 Å². The minimum atomic E-state index is -6.07. The second-order valence-corrected chi connectivity index (χ2v) is 5.38. The lowest BCUT2D eigenvalue weighted by Gasteiger charge is -2.17. The highest BCUT2D eigenvalue weighted by molar-refractivity contribution is 5.97. The lowest BCUT2D eigenvalue weighted by atomic mass is 10.2. The van der Waals surface area contributed by atoms with Gasteiger partial charge in [-0.05, 0) is 13.8 Å². The molecule has 14 heteroatoms. The van der Waals surface area contributed by atoms with Crippen LogP contribution in [-0.2, 0) is 9.59 Å². The number of carbonyl (C=O) groups excluding carboxylic acids is 2. The Labute approximate surface area is 151 Å². The van der Waals surface area contributed by atoms with Crippen LogP contribution >= 0.6 is 0 Å². The van der Waals surface area contributed by atoms with E-state index in [2.05, 4.69) is 10.6 Å². The largest absolute Gasteiger partial charge is 0.461 e. The third kappa shape index (κ3) is 6.71. The average Bonchev–Trinajstić information content (AvgIpc) is 2.49. The molecular weight excluding hydrogens is 418 g/mol. The molecule has 0 aliphatic heterocycles. The summed E-state index contributed by atoms with van der Waals surface area (Å²) in [5, 5.41) is 4.47. The zero-order valence-electron chi connectivity index (χ0n) is 14.2. The van der Waals surface area contributed by atoms with Crippen molar-refractivity contribution < 1.29 is 53.5 Å². The maximum Gasteiger partial charge on any atom is 0.461 e. The van der Waals surface area contributed by atoms with Crippen LogP contribution in [0.3, 0.4) is 0 Å². The van der Waals surface area contributed by atoms with Gasteiger partial charge in [0, 0.05) is 36.6 Å². The highest BCUT2D eigenvalue weighted by Gasteiger charge is 2.63. The van der Waals surface area contributed by atoms with Crippen LogP contribution in [-0.4, -0.2) is 48.9 Å². The van der Waals surface area contributed by atoms with Gasteiger partial charge in [0.1, 0.15) is 0 Å². The second-order valence-electron chi connectivity index (χ2n) is 5.38. The molecule has 0 aliphatic carbocycles. The third-order valence-electron chi connectivity index (χ3n) is 2.96. The van der Waals surface area contributed by atoms with E-state index in [9.17, 15) is 53.5 Å². The Kier molecular flexibility index (Phi) is 8.10. The Balaban J connectivity index is 4.68. The molecule has 0 aromatic rings. The highest BCUT2D eigenvalue weighted by atomic mass is 19.4. The van der Waals surface area contributed by atoms with Crippen molar-refractivity contribution in [2.45, 2.75) is 38.0 Å². The topological polar surface area (TPSA) is 58.2 Å². The van der Waals surface area contributed by atoms with Crippen LogP contribution < -0.4 is 10.6 Å². The van der Waals surface area contributed by atoms with Gasteiger partial charge >= 0.3 is 24.2 Å². The van der Waals surface area contributed by atoms with E-state index in [0.29, 0.717) is 0 Å². The summed E-state index contributed by atoms with van der Waals surface area (Å²) in [4.78, 5) is 21.9. The van der Waals surface area contributed by atoms with E-state index in [1.165, 1.54) is 0 Å². The molecule has 0 bridgehead atoms. The number of allylic oxidation sites excluding steroid dienone is 4. The molecule has 0 rings (SSSR count). The quantitative estimate of drug-likeness (QED) is 0.333. The maximum absolute atomic E-state index is 12.7. The fourth-order valence-corrected chi connectivity index (χ4v) is 1.48. The summed E-state index contributed by atoms with van der Waals surface area (Å²) < 4.78 is 123. The van der Waals surface area contributed by atoms with Gasteiger partial charge in [-0.2, -0.15) is 43.9 Å². The molecular formula is C14H14F10N2O2. The average molecular weight is 432 g/mol. The summed E-state index contributed by atoms with van der Waals surface area (Å²) in [5.74, 6) is -16.2. The number of carbonyl (C=O) groups is 2. The molecule has 0 radical (unpaired) electrons. The lowest BCUT2D eigenvalue weighted by molar-refractivity contribution is -0.266. The number of nitrogens with one attached hydrogen (secondary N) is 2. The van der Waals surface area contributed by atoms with Crippen molar-refractivity contribution in [3.05, 3.63) is 23.5 Å². The summed E-state index contributed by atoms with van der Waals surface area (Å²) in [6, 6.07) is 0. The van der Waals surface area contributed by atoms with Crippen LogP contribution in [0.25, 0.3) is 0 Å². The van der Waals surface area contributed by atoms with E-state index in [1.807, 2.05) is 0 Å². The first-order valence-electron chi connectivity index (χ1n) is 7.16. The van der Waals surface area contributed by atoms with E-state index < -0.39 is 47.2 Å². The second kappa shape index (κ2) is 8.82. The normalized spacial score (nSPS) is 14.7. The SMILES string of the molecule is CC(=CC(=O)C(F)(F)C(F)(F)F)NCCNC(C)=CC(=O)C(F)(F)C(F)(F)F. The van der Waals surface area contributed by atoms with E-state index in [1.54, 1.807) is 0 Å². The minimum Gasteiger partial charge on any atom is -0.387 e. The summed E-state index contributed by atoms with van der Waals surface area (Å²) in [6.45, 7) is 1.45. The molecule has 0 atom stereocenters. The number of hydrogen-bond donors (Lipinski definition) is 2. The molecule has 0 fully saturated rings. The van der Waals surface area contributed by atoms with Crippen LogP contribution in [0.1, 0.15) is 13.8 Å². The van der Waals surface area contributed by atoms with Crippen LogP contribution in [0.15, 0.2) is 23.5 Å². The molecule has 0 unspecified atom stereocenters. The Morgan fingerprint density at radius 2 is 0.893 bits per heavy atom. The molecule has 4 nitrogen and oxygen atoms in total. The Morgan fingerprint density at radius 3 is 1.11 bits per heavy atom. The van der Waals surface area contributed by atoms with Crippen LogP contribution in [0.4, 0.5) is 43.9 Å². The van der Waals surface area contributed by atoms with Gasteiger partial charge in [-0.25, -0.2) is 0 Å². The zero-order valence-corrected chi connectivity index (χ0v) is 14.2. The molecule has 0 heterocycles. The van der Waals surface area contributed by atoms with Crippen LogP contribution in [0.5, 0.6) is 0 Å². The summed E-state index contributed by atoms with van der Waals surface area (Å²) in [7, 11) is 0. The summed E-state index contributed by atoms with van der Waals surface area (Å²) >= 11 is 0. The van der Waals surface area contributed by atoms with Gasteiger partial charge in [-0.1, -0.05) is 0 Å². The number of alkyl halides is 10. The fourth-order valence-electron chi connectivity index (χ4n) is 1.48. The van der Waals surface area contributed by atoms with Crippen molar-refractivity contribution in [3.63, 3.8) is 0 Å². The first-order valence-corrected chi connectivity index (χ1v) is 7.16. The predicted octanol–water partition coefficient (Wildman–Crippen LogP) is 3.51. The van der Waals surface area contributed by atoms with E-state index in [0.717, 1.165) is 13.8 Å². The lowest BCUT2D eigenvalue weighted by Crippen LogP contribution is -2.43. The molecule has 0 saturated heterocycles. The number of rotatable bonds is 9. The number of halogens is 10. The first kappa shape index (κ1) is 25.7. The van der Waals surface area contributed by atoms with Gasteiger partial charge in [0.2, 0.25) is 11.6 Å². The van der Waals surface area contributed by atoms with Gasteiger partial charge in [0.15, 0.2) is 0 Å². The molecule has 162 valence electrons. The Morgan fingerprint density at radius 1 is 0.643 bits per heavy atom. The maximum atomic E-state index is 12.7. The van der Waals surface area contributed by atoms with Gasteiger partial charge in [0.05, 0.1) is 0 Å². The smallest absolute Gasteiger partial charge is 0.387 e. The van der Waals surface area contributed by atoms with E-state index >= 15 is 0 Å². The third-order valence-corrected chi connectivity index (χ3v) is 2.96. The van der Waals surface area contributed by atoms with E-state index in [4.69, 9.17) is 0 Å². The molecule has 0 aromatic carbocycles. The van der Waals surface area contributed by atoms with Gasteiger partial charge in [0.25, 0.3) is 0 Å². The first-order chi connectivity index (χ1) is 12.3. The van der Waals surface area contributed by atoms with Gasteiger partial charge in [-0.3, -0.25) is 9.59 Å². The molecule has 2 N–H and O–H groups in total. The van der Waals surface area contributed by atoms with Crippen LogP contribution in [0.2, 0.25) is 0 Å². The fraction of sp³-hybridized carbons (Fsp3) is 0.571. The van der Waals surface area contributed by atoms with Crippen LogP contribution in [0, 0.1) is 0 Å². The Bertz CT molecular complexity index is 591. The van der Waals surface area contributed by atoms with Crippen molar-refractivity contribution in [1.82, 2.24) is 10.6 Å².